The van der Waals surface area contributed by atoms with Crippen LogP contribution in [0.1, 0.15) is 5.56 Å². The van der Waals surface area contributed by atoms with Gasteiger partial charge in [0.15, 0.2) is 12.6 Å². The van der Waals surface area contributed by atoms with Crippen molar-refractivity contribution in [3.8, 4) is 0 Å². The van der Waals surface area contributed by atoms with E-state index in [4.69, 9.17) is 18.9 Å². The Labute approximate surface area is 128 Å². The summed E-state index contributed by atoms with van der Waals surface area (Å²) in [6.45, 7) is 0.262. The number of aliphatic hydroxyl groups is 2. The highest BCUT2D eigenvalue weighted by molar-refractivity contribution is 5.49. The molecule has 2 aliphatic heterocycles. The predicted octanol–water partition coefficient (Wildman–Crippen LogP) is 0.534. The Hall–Kier alpha value is -1.28. The van der Waals surface area contributed by atoms with Gasteiger partial charge in [0.1, 0.15) is 24.4 Å². The van der Waals surface area contributed by atoms with E-state index in [2.05, 4.69) is 0 Å². The van der Waals surface area contributed by atoms with Gasteiger partial charge in [-0.1, -0.05) is 36.4 Å². The summed E-state index contributed by atoms with van der Waals surface area (Å²) in [4.78, 5) is 0. The number of methoxy groups -OCH3 is 1. The first-order chi connectivity index (χ1) is 10.7. The van der Waals surface area contributed by atoms with E-state index in [1.807, 2.05) is 36.4 Å². The van der Waals surface area contributed by atoms with Gasteiger partial charge in [-0.2, -0.15) is 0 Å². The van der Waals surface area contributed by atoms with Crippen LogP contribution in [0.15, 0.2) is 36.4 Å². The predicted molar refractivity (Wildman–Crippen MR) is 77.8 cm³/mol. The van der Waals surface area contributed by atoms with Gasteiger partial charge in [-0.25, -0.2) is 0 Å². The van der Waals surface area contributed by atoms with Crippen molar-refractivity contribution in [2.45, 2.75) is 37.0 Å². The van der Waals surface area contributed by atoms with Gasteiger partial charge in [0.05, 0.1) is 6.61 Å². The molecule has 0 bridgehead atoms. The van der Waals surface area contributed by atoms with Crippen LogP contribution in [-0.4, -0.2) is 60.9 Å². The average Bonchev–Trinajstić information content (AvgIpc) is 2.57. The number of hydrogen-bond donors (Lipinski definition) is 2. The molecule has 6 nitrogen and oxygen atoms in total. The second-order valence-electron chi connectivity index (χ2n) is 5.33. The zero-order chi connectivity index (χ0) is 15.5. The molecular weight excluding hydrogens is 288 g/mol. The minimum Gasteiger partial charge on any atom is -0.387 e. The van der Waals surface area contributed by atoms with Crippen molar-refractivity contribution in [2.24, 2.45) is 0 Å². The third kappa shape index (κ3) is 3.22. The summed E-state index contributed by atoms with van der Waals surface area (Å²) in [6, 6.07) is 9.76. The Morgan fingerprint density at radius 1 is 1.14 bits per heavy atom. The molecule has 0 radical (unpaired) electrons. The van der Waals surface area contributed by atoms with Crippen LogP contribution in [0.25, 0.3) is 6.08 Å². The Kier molecular flexibility index (Phi) is 4.87. The van der Waals surface area contributed by atoms with Crippen molar-refractivity contribution in [2.75, 3.05) is 13.7 Å². The van der Waals surface area contributed by atoms with Crippen molar-refractivity contribution in [1.82, 2.24) is 0 Å². The van der Waals surface area contributed by atoms with E-state index in [1.165, 1.54) is 7.11 Å². The van der Waals surface area contributed by atoms with E-state index >= 15 is 0 Å². The lowest BCUT2D eigenvalue weighted by molar-refractivity contribution is -0.347. The quantitative estimate of drug-likeness (QED) is 0.848. The summed E-state index contributed by atoms with van der Waals surface area (Å²) in [5.74, 6) is 0. The largest absolute Gasteiger partial charge is 0.387 e. The van der Waals surface area contributed by atoms with Crippen LogP contribution in [0.2, 0.25) is 0 Å². The molecule has 0 unspecified atom stereocenters. The van der Waals surface area contributed by atoms with Crippen molar-refractivity contribution in [3.05, 3.63) is 42.0 Å². The third-order valence-electron chi connectivity index (χ3n) is 3.83. The summed E-state index contributed by atoms with van der Waals surface area (Å²) >= 11 is 0. The van der Waals surface area contributed by atoms with Crippen molar-refractivity contribution >= 4 is 6.08 Å². The summed E-state index contributed by atoms with van der Waals surface area (Å²) in [7, 11) is 1.41. The second-order valence-corrected chi connectivity index (χ2v) is 5.33. The van der Waals surface area contributed by atoms with Gasteiger partial charge in [-0.05, 0) is 11.6 Å². The van der Waals surface area contributed by atoms with Gasteiger partial charge in [-0.3, -0.25) is 0 Å². The Balaban J connectivity index is 1.64. The molecule has 1 aromatic rings. The topological polar surface area (TPSA) is 77.4 Å². The van der Waals surface area contributed by atoms with Crippen molar-refractivity contribution in [3.63, 3.8) is 0 Å². The molecule has 0 aliphatic carbocycles. The Morgan fingerprint density at radius 3 is 2.64 bits per heavy atom. The van der Waals surface area contributed by atoms with E-state index in [9.17, 15) is 10.2 Å². The fraction of sp³-hybridized carbons (Fsp3) is 0.500. The smallest absolute Gasteiger partial charge is 0.186 e. The van der Waals surface area contributed by atoms with Gasteiger partial charge in [-0.15, -0.1) is 0 Å². The molecule has 0 aromatic heterocycles. The van der Waals surface area contributed by atoms with Crippen LogP contribution < -0.4 is 0 Å². The van der Waals surface area contributed by atoms with Crippen LogP contribution in [0.5, 0.6) is 0 Å². The number of rotatable bonds is 3. The molecule has 22 heavy (non-hydrogen) atoms. The molecule has 0 amide bonds. The molecule has 120 valence electrons. The van der Waals surface area contributed by atoms with Gasteiger partial charge < -0.3 is 29.2 Å². The highest BCUT2D eigenvalue weighted by Crippen LogP contribution is 2.29. The molecule has 2 saturated heterocycles. The van der Waals surface area contributed by atoms with E-state index in [-0.39, 0.29) is 6.61 Å². The molecule has 3 rings (SSSR count). The number of benzene rings is 1. The van der Waals surface area contributed by atoms with Crippen LogP contribution >= 0.6 is 0 Å². The molecule has 0 spiro atoms. The highest BCUT2D eigenvalue weighted by atomic mass is 16.7. The zero-order valence-electron chi connectivity index (χ0n) is 12.2. The highest BCUT2D eigenvalue weighted by Gasteiger charge is 2.48. The van der Waals surface area contributed by atoms with Crippen LogP contribution in [0, 0.1) is 0 Å². The number of ether oxygens (including phenoxy) is 4. The Bertz CT molecular complexity index is 503. The SMILES string of the molecule is CO[C@H]1O[C@@H]2CO[C@@H](/C=C/c3ccccc3)O[C@H]2[C@H](O)[C@H]1O. The molecule has 2 fully saturated rings. The first kappa shape index (κ1) is 15.6. The number of hydrogen-bond acceptors (Lipinski definition) is 6. The summed E-state index contributed by atoms with van der Waals surface area (Å²) < 4.78 is 21.8. The van der Waals surface area contributed by atoms with Crippen molar-refractivity contribution < 1.29 is 29.2 Å². The lowest BCUT2D eigenvalue weighted by atomic mass is 9.98. The van der Waals surface area contributed by atoms with Crippen LogP contribution in [-0.2, 0) is 18.9 Å². The minimum atomic E-state index is -1.15. The minimum absolute atomic E-state index is 0.262. The second kappa shape index (κ2) is 6.87. The number of aliphatic hydroxyl groups excluding tert-OH is 2. The summed E-state index contributed by atoms with van der Waals surface area (Å²) in [6.07, 6.45) is -1.16. The average molecular weight is 308 g/mol. The summed E-state index contributed by atoms with van der Waals surface area (Å²) in [5.41, 5.74) is 1.02. The standard InChI is InChI=1S/C16H20O6/c1-19-16-14(18)13(17)15-11(21-16)9-20-12(22-15)8-7-10-5-3-2-4-6-10/h2-8,11-18H,9H2,1H3/b8-7+/t11-,12-,13-,14-,15-,16+/m1/s1. The van der Waals surface area contributed by atoms with E-state index in [0.717, 1.165) is 5.56 Å². The van der Waals surface area contributed by atoms with Crippen molar-refractivity contribution in [1.29, 1.82) is 0 Å². The molecule has 6 heteroatoms. The van der Waals surface area contributed by atoms with Crippen LogP contribution in [0.4, 0.5) is 0 Å². The number of fused-ring (bicyclic) bond motifs is 1. The van der Waals surface area contributed by atoms with Gasteiger partial charge in [0.25, 0.3) is 0 Å². The molecule has 2 heterocycles. The lowest BCUT2D eigenvalue weighted by Crippen LogP contribution is -2.62. The molecule has 1 aromatic carbocycles. The molecule has 6 atom stereocenters. The van der Waals surface area contributed by atoms with Gasteiger partial charge in [0, 0.05) is 7.11 Å². The first-order valence-corrected chi connectivity index (χ1v) is 7.24. The molecular formula is C16H20O6. The zero-order valence-corrected chi connectivity index (χ0v) is 12.2. The van der Waals surface area contributed by atoms with Gasteiger partial charge >= 0.3 is 0 Å². The first-order valence-electron chi connectivity index (χ1n) is 7.24. The molecule has 2 N–H and O–H groups in total. The molecule has 0 saturated carbocycles. The third-order valence-corrected chi connectivity index (χ3v) is 3.83. The maximum absolute atomic E-state index is 10.2. The maximum atomic E-state index is 10.2. The lowest BCUT2D eigenvalue weighted by Gasteiger charge is -2.45. The monoisotopic (exact) mass is 308 g/mol. The Morgan fingerprint density at radius 2 is 1.91 bits per heavy atom. The van der Waals surface area contributed by atoms with E-state index < -0.39 is 37.0 Å². The fourth-order valence-corrected chi connectivity index (χ4v) is 2.64. The maximum Gasteiger partial charge on any atom is 0.186 e. The van der Waals surface area contributed by atoms with E-state index in [1.54, 1.807) is 6.08 Å². The van der Waals surface area contributed by atoms with Gasteiger partial charge in [0.2, 0.25) is 0 Å². The van der Waals surface area contributed by atoms with Crippen LogP contribution in [0.3, 0.4) is 0 Å². The van der Waals surface area contributed by atoms with E-state index in [0.29, 0.717) is 0 Å². The fourth-order valence-electron chi connectivity index (χ4n) is 2.64. The normalized spacial score (nSPS) is 38.9. The molecule has 2 aliphatic rings. The summed E-state index contributed by atoms with van der Waals surface area (Å²) in [5, 5.41) is 20.1.